The van der Waals surface area contributed by atoms with Gasteiger partial charge in [0.05, 0.1) is 6.54 Å². The number of amides is 1. The molecule has 0 saturated heterocycles. The number of aliphatic imine (C=N–C) groups is 1. The Morgan fingerprint density at radius 2 is 2.00 bits per heavy atom. The van der Waals surface area contributed by atoms with Gasteiger partial charge in [0.2, 0.25) is 0 Å². The summed E-state index contributed by atoms with van der Waals surface area (Å²) in [4.78, 5) is 17.9. The van der Waals surface area contributed by atoms with Crippen LogP contribution in [0.1, 0.15) is 31.9 Å². The number of carbonyl (C=O) groups is 1. The van der Waals surface area contributed by atoms with E-state index >= 15 is 0 Å². The summed E-state index contributed by atoms with van der Waals surface area (Å²) in [6, 6.07) is 7.91. The highest BCUT2D eigenvalue weighted by Crippen LogP contribution is 2.13. The fourth-order valence-corrected chi connectivity index (χ4v) is 1.87. The first-order valence-electron chi connectivity index (χ1n) is 7.16. The van der Waals surface area contributed by atoms with Gasteiger partial charge >= 0.3 is 6.09 Å². The molecule has 0 fully saturated rings. The lowest BCUT2D eigenvalue weighted by atomic mass is 10.1. The van der Waals surface area contributed by atoms with Crippen LogP contribution in [0.5, 0.6) is 0 Å². The first-order valence-corrected chi connectivity index (χ1v) is 7.16. The van der Waals surface area contributed by atoms with Crippen molar-refractivity contribution in [3.05, 3.63) is 35.4 Å². The SMILES string of the molecule is CN(C(=O)OCc1ccc(C2=NCCN2)cc1)C(C)(C)C. The molecule has 1 amide bonds. The molecule has 5 nitrogen and oxygen atoms in total. The van der Waals surface area contributed by atoms with Crippen LogP contribution in [-0.4, -0.2) is 42.5 Å². The number of amidine groups is 1. The lowest BCUT2D eigenvalue weighted by Gasteiger charge is -2.30. The van der Waals surface area contributed by atoms with Gasteiger partial charge in [0.1, 0.15) is 12.4 Å². The van der Waals surface area contributed by atoms with E-state index in [1.165, 1.54) is 0 Å². The summed E-state index contributed by atoms with van der Waals surface area (Å²) in [7, 11) is 1.75. The van der Waals surface area contributed by atoms with Crippen LogP contribution in [0.3, 0.4) is 0 Å². The van der Waals surface area contributed by atoms with E-state index < -0.39 is 0 Å². The van der Waals surface area contributed by atoms with Crippen LogP contribution in [0.4, 0.5) is 4.79 Å². The number of nitrogens with zero attached hydrogens (tertiary/aromatic N) is 2. The number of carbonyl (C=O) groups excluding carboxylic acids is 1. The molecule has 0 atom stereocenters. The first-order chi connectivity index (χ1) is 9.88. The second kappa shape index (κ2) is 6.16. The highest BCUT2D eigenvalue weighted by molar-refractivity contribution is 5.99. The summed E-state index contributed by atoms with van der Waals surface area (Å²) in [5.74, 6) is 0.936. The van der Waals surface area contributed by atoms with Crippen LogP contribution in [-0.2, 0) is 11.3 Å². The van der Waals surface area contributed by atoms with Crippen molar-refractivity contribution >= 4 is 11.9 Å². The summed E-state index contributed by atoms with van der Waals surface area (Å²) in [6.07, 6.45) is -0.312. The topological polar surface area (TPSA) is 53.9 Å². The van der Waals surface area contributed by atoms with Gasteiger partial charge in [-0.1, -0.05) is 24.3 Å². The van der Waals surface area contributed by atoms with E-state index in [2.05, 4.69) is 10.3 Å². The van der Waals surface area contributed by atoms with Crippen molar-refractivity contribution in [3.8, 4) is 0 Å². The fourth-order valence-electron chi connectivity index (χ4n) is 1.87. The van der Waals surface area contributed by atoms with Crippen molar-refractivity contribution < 1.29 is 9.53 Å². The summed E-state index contributed by atoms with van der Waals surface area (Å²) in [5, 5.41) is 3.23. The number of nitrogens with one attached hydrogen (secondary N) is 1. The maximum Gasteiger partial charge on any atom is 0.410 e. The Hall–Kier alpha value is -2.04. The largest absolute Gasteiger partial charge is 0.445 e. The molecule has 21 heavy (non-hydrogen) atoms. The standard InChI is InChI=1S/C16H23N3O2/c1-16(2,3)19(4)15(20)21-11-12-5-7-13(8-6-12)14-17-9-10-18-14/h5-8H,9-11H2,1-4H3,(H,17,18). The minimum Gasteiger partial charge on any atom is -0.445 e. The number of rotatable bonds is 3. The van der Waals surface area contributed by atoms with Crippen LogP contribution in [0.2, 0.25) is 0 Å². The zero-order valence-corrected chi connectivity index (χ0v) is 13.1. The quantitative estimate of drug-likeness (QED) is 0.929. The second-order valence-electron chi connectivity index (χ2n) is 6.14. The summed E-state index contributed by atoms with van der Waals surface area (Å²) >= 11 is 0. The van der Waals surface area contributed by atoms with Crippen LogP contribution in [0.15, 0.2) is 29.3 Å². The molecule has 1 aromatic carbocycles. The average Bonchev–Trinajstić information content (AvgIpc) is 2.97. The molecule has 0 aromatic heterocycles. The first kappa shape index (κ1) is 15.4. The Balaban J connectivity index is 1.90. The minimum absolute atomic E-state index is 0.243. The molecule has 0 radical (unpaired) electrons. The molecule has 0 saturated carbocycles. The van der Waals surface area contributed by atoms with Gasteiger partial charge in [-0.3, -0.25) is 4.99 Å². The molecule has 114 valence electrons. The highest BCUT2D eigenvalue weighted by Gasteiger charge is 2.23. The van der Waals surface area contributed by atoms with Crippen LogP contribution < -0.4 is 5.32 Å². The lowest BCUT2D eigenvalue weighted by molar-refractivity contribution is 0.0759. The molecular weight excluding hydrogens is 266 g/mol. The number of hydrogen-bond donors (Lipinski definition) is 1. The van der Waals surface area contributed by atoms with E-state index in [9.17, 15) is 4.79 Å². The number of benzene rings is 1. The van der Waals surface area contributed by atoms with Crippen molar-refractivity contribution in [1.82, 2.24) is 10.2 Å². The van der Waals surface area contributed by atoms with Crippen molar-refractivity contribution in [3.63, 3.8) is 0 Å². The van der Waals surface area contributed by atoms with Gasteiger partial charge in [-0.2, -0.15) is 0 Å². The van der Waals surface area contributed by atoms with Gasteiger partial charge in [0.25, 0.3) is 0 Å². The third kappa shape index (κ3) is 3.97. The Kier molecular flexibility index (Phi) is 4.50. The Morgan fingerprint density at radius 1 is 1.33 bits per heavy atom. The van der Waals surface area contributed by atoms with E-state index in [0.29, 0.717) is 0 Å². The van der Waals surface area contributed by atoms with Crippen molar-refractivity contribution in [2.24, 2.45) is 4.99 Å². The third-order valence-electron chi connectivity index (χ3n) is 3.54. The van der Waals surface area contributed by atoms with Crippen LogP contribution >= 0.6 is 0 Å². The minimum atomic E-state index is -0.312. The van der Waals surface area contributed by atoms with E-state index in [1.54, 1.807) is 11.9 Å². The number of hydrogen-bond acceptors (Lipinski definition) is 4. The van der Waals surface area contributed by atoms with E-state index in [0.717, 1.165) is 30.1 Å². The normalized spacial score (nSPS) is 14.4. The van der Waals surface area contributed by atoms with Gasteiger partial charge in [0.15, 0.2) is 0 Å². The van der Waals surface area contributed by atoms with Crippen LogP contribution in [0.25, 0.3) is 0 Å². The molecule has 0 unspecified atom stereocenters. The van der Waals surface area contributed by atoms with Gasteiger partial charge in [0, 0.05) is 24.7 Å². The van der Waals surface area contributed by atoms with Gasteiger partial charge < -0.3 is 15.0 Å². The highest BCUT2D eigenvalue weighted by atomic mass is 16.6. The Morgan fingerprint density at radius 3 is 2.52 bits per heavy atom. The molecule has 0 spiro atoms. The molecule has 1 aromatic rings. The second-order valence-corrected chi connectivity index (χ2v) is 6.14. The Bertz CT molecular complexity index is 529. The predicted octanol–water partition coefficient (Wildman–Crippen LogP) is 2.40. The summed E-state index contributed by atoms with van der Waals surface area (Å²) in [5.41, 5.74) is 1.79. The summed E-state index contributed by atoms with van der Waals surface area (Å²) in [6.45, 7) is 7.91. The molecule has 1 aliphatic rings. The average molecular weight is 289 g/mol. The van der Waals surface area contributed by atoms with Crippen LogP contribution in [0, 0.1) is 0 Å². The summed E-state index contributed by atoms with van der Waals surface area (Å²) < 4.78 is 5.32. The molecule has 2 rings (SSSR count). The zero-order chi connectivity index (χ0) is 15.5. The number of ether oxygens (including phenoxy) is 1. The van der Waals surface area contributed by atoms with Gasteiger partial charge in [-0.05, 0) is 26.3 Å². The van der Waals surface area contributed by atoms with Crippen molar-refractivity contribution in [2.45, 2.75) is 32.9 Å². The molecule has 5 heteroatoms. The molecular formula is C16H23N3O2. The molecule has 1 aliphatic heterocycles. The van der Waals surface area contributed by atoms with E-state index in [-0.39, 0.29) is 18.2 Å². The monoisotopic (exact) mass is 289 g/mol. The maximum absolute atomic E-state index is 11.9. The lowest BCUT2D eigenvalue weighted by Crippen LogP contribution is -2.42. The zero-order valence-electron chi connectivity index (χ0n) is 13.1. The van der Waals surface area contributed by atoms with E-state index in [1.807, 2.05) is 45.0 Å². The maximum atomic E-state index is 11.9. The predicted molar refractivity (Wildman–Crippen MR) is 83.5 cm³/mol. The molecule has 0 aliphatic carbocycles. The molecule has 1 heterocycles. The molecule has 1 N–H and O–H groups in total. The van der Waals surface area contributed by atoms with Gasteiger partial charge in [-0.15, -0.1) is 0 Å². The molecule has 0 bridgehead atoms. The van der Waals surface area contributed by atoms with E-state index in [4.69, 9.17) is 4.74 Å². The van der Waals surface area contributed by atoms with Crippen molar-refractivity contribution in [2.75, 3.05) is 20.1 Å². The Labute approximate surface area is 126 Å². The smallest absolute Gasteiger partial charge is 0.410 e. The van der Waals surface area contributed by atoms with Crippen molar-refractivity contribution in [1.29, 1.82) is 0 Å². The third-order valence-corrected chi connectivity index (χ3v) is 3.54. The fraction of sp³-hybridized carbons (Fsp3) is 0.500. The van der Waals surface area contributed by atoms with Gasteiger partial charge in [-0.25, -0.2) is 4.79 Å².